The summed E-state index contributed by atoms with van der Waals surface area (Å²) in [5.41, 5.74) is 8.23. The van der Waals surface area contributed by atoms with E-state index in [9.17, 15) is 19.1 Å². The van der Waals surface area contributed by atoms with Crippen molar-refractivity contribution < 1.29 is 19.1 Å². The summed E-state index contributed by atoms with van der Waals surface area (Å²) in [6.45, 7) is 9.65. The lowest BCUT2D eigenvalue weighted by Crippen LogP contribution is -2.36. The molecule has 1 aromatic rings. The lowest BCUT2D eigenvalue weighted by atomic mass is 9.70. The van der Waals surface area contributed by atoms with Gasteiger partial charge in [0.2, 0.25) is 0 Å². The zero-order valence-electron chi connectivity index (χ0n) is 24.2. The fraction of sp³-hybridized carbons (Fsp3) is 0.486. The second-order valence-corrected chi connectivity index (χ2v) is 12.2. The molecule has 0 bridgehead atoms. The Labute approximate surface area is 233 Å². The van der Waals surface area contributed by atoms with E-state index in [2.05, 4.69) is 39.0 Å². The van der Waals surface area contributed by atoms with Gasteiger partial charge in [0.05, 0.1) is 5.56 Å². The second kappa shape index (κ2) is 12.0. The Hall–Kier alpha value is -3.01. The molecule has 39 heavy (non-hydrogen) atoms. The fourth-order valence-corrected chi connectivity index (χ4v) is 6.59. The third kappa shape index (κ3) is 6.96. The Morgan fingerprint density at radius 1 is 1.03 bits per heavy atom. The van der Waals surface area contributed by atoms with Crippen LogP contribution in [0.4, 0.5) is 4.39 Å². The lowest BCUT2D eigenvalue weighted by Gasteiger charge is -2.39. The monoisotopic (exact) mass is 530 g/mol. The summed E-state index contributed by atoms with van der Waals surface area (Å²) in [6.07, 6.45) is 14.8. The molecule has 0 aromatic heterocycles. The molecule has 1 saturated carbocycles. The highest BCUT2D eigenvalue weighted by Gasteiger charge is 2.40. The van der Waals surface area contributed by atoms with Crippen LogP contribution in [0.2, 0.25) is 0 Å². The first-order chi connectivity index (χ1) is 18.5. The first-order valence-electron chi connectivity index (χ1n) is 14.5. The minimum Gasteiger partial charge on any atom is -0.478 e. The molecule has 208 valence electrons. The molecule has 3 nitrogen and oxygen atoms in total. The minimum absolute atomic E-state index is 0.0965. The Bertz CT molecular complexity index is 1280. The van der Waals surface area contributed by atoms with Gasteiger partial charge in [0.15, 0.2) is 5.78 Å². The predicted molar refractivity (Wildman–Crippen MR) is 157 cm³/mol. The van der Waals surface area contributed by atoms with Crippen molar-refractivity contribution in [2.45, 2.75) is 98.1 Å². The van der Waals surface area contributed by atoms with Gasteiger partial charge in [-0.1, -0.05) is 48.4 Å². The number of allylic oxidation sites excluding steroid dienone is 10. The van der Waals surface area contributed by atoms with Crippen molar-refractivity contribution in [2.75, 3.05) is 0 Å². The molecule has 4 rings (SSSR count). The van der Waals surface area contributed by atoms with E-state index < -0.39 is 11.6 Å². The van der Waals surface area contributed by atoms with Crippen molar-refractivity contribution in [3.63, 3.8) is 0 Å². The summed E-state index contributed by atoms with van der Waals surface area (Å²) in [5, 5.41) is 9.44. The summed E-state index contributed by atoms with van der Waals surface area (Å²) >= 11 is 0. The fourth-order valence-electron chi connectivity index (χ4n) is 6.59. The third-order valence-electron chi connectivity index (χ3n) is 8.82. The van der Waals surface area contributed by atoms with Crippen molar-refractivity contribution in [1.29, 1.82) is 0 Å². The number of aromatic carboxylic acids is 1. The zero-order chi connectivity index (χ0) is 28.3. The molecule has 1 N–H and O–H groups in total. The van der Waals surface area contributed by atoms with Gasteiger partial charge < -0.3 is 5.11 Å². The van der Waals surface area contributed by atoms with Crippen molar-refractivity contribution in [1.82, 2.24) is 0 Å². The van der Waals surface area contributed by atoms with E-state index in [1.807, 2.05) is 12.1 Å². The van der Waals surface area contributed by atoms with Gasteiger partial charge >= 0.3 is 5.97 Å². The lowest BCUT2D eigenvalue weighted by molar-refractivity contribution is -0.113. The van der Waals surface area contributed by atoms with Gasteiger partial charge in [0.25, 0.3) is 0 Å². The number of carbonyl (C=O) groups is 2. The molecule has 1 unspecified atom stereocenters. The number of carboxylic acid groups (broad SMARTS) is 1. The molecule has 1 fully saturated rings. The number of carbonyl (C=O) groups excluding carboxylic acids is 1. The SMILES string of the molecule is CC/C(C)=C(C(C)=O)/C1=C/C2=C(CCC(C)=C1)C(c1ccc(C(=O)O)cc1)=CC(CCC1CC(C)(F)C1)CC2. The Kier molecular flexibility index (Phi) is 8.93. The van der Waals surface area contributed by atoms with Crippen molar-refractivity contribution in [3.8, 4) is 0 Å². The van der Waals surface area contributed by atoms with E-state index in [4.69, 9.17) is 0 Å². The molecule has 3 aliphatic carbocycles. The van der Waals surface area contributed by atoms with Crippen LogP contribution < -0.4 is 0 Å². The number of alkyl halides is 1. The Morgan fingerprint density at radius 3 is 2.31 bits per heavy atom. The Morgan fingerprint density at radius 2 is 1.72 bits per heavy atom. The molecule has 0 radical (unpaired) electrons. The van der Waals surface area contributed by atoms with Crippen molar-refractivity contribution in [3.05, 3.63) is 87.1 Å². The van der Waals surface area contributed by atoms with E-state index >= 15 is 0 Å². The van der Waals surface area contributed by atoms with E-state index in [0.29, 0.717) is 24.7 Å². The molecule has 4 heteroatoms. The molecular weight excluding hydrogens is 487 g/mol. The molecule has 0 aliphatic heterocycles. The molecule has 1 atom stereocenters. The highest BCUT2D eigenvalue weighted by atomic mass is 19.1. The van der Waals surface area contributed by atoms with Crippen LogP contribution in [-0.4, -0.2) is 22.5 Å². The number of Topliss-reactive ketones (excluding diaryl/α,β-unsaturated/α-hetero) is 1. The average molecular weight is 531 g/mol. The second-order valence-electron chi connectivity index (χ2n) is 12.2. The van der Waals surface area contributed by atoms with E-state index in [1.54, 1.807) is 26.0 Å². The zero-order valence-corrected chi connectivity index (χ0v) is 24.2. The number of hydrogen-bond donors (Lipinski definition) is 1. The van der Waals surface area contributed by atoms with E-state index in [1.165, 1.54) is 22.3 Å². The van der Waals surface area contributed by atoms with Crippen LogP contribution in [-0.2, 0) is 4.79 Å². The molecule has 0 amide bonds. The number of benzene rings is 1. The van der Waals surface area contributed by atoms with Crippen LogP contribution in [0.15, 0.2) is 75.9 Å². The van der Waals surface area contributed by atoms with Gasteiger partial charge in [-0.15, -0.1) is 0 Å². The van der Waals surface area contributed by atoms with Crippen LogP contribution in [0.5, 0.6) is 0 Å². The maximum absolute atomic E-state index is 14.1. The van der Waals surface area contributed by atoms with Crippen molar-refractivity contribution >= 4 is 17.3 Å². The largest absolute Gasteiger partial charge is 0.478 e. The molecular formula is C35H43FO3. The summed E-state index contributed by atoms with van der Waals surface area (Å²) in [4.78, 5) is 24.3. The summed E-state index contributed by atoms with van der Waals surface area (Å²) in [7, 11) is 0. The smallest absolute Gasteiger partial charge is 0.335 e. The van der Waals surface area contributed by atoms with Crippen LogP contribution in [0, 0.1) is 11.8 Å². The number of ketones is 1. The van der Waals surface area contributed by atoms with Gasteiger partial charge in [-0.2, -0.15) is 0 Å². The molecule has 0 saturated heterocycles. The first kappa shape index (κ1) is 29.0. The third-order valence-corrected chi connectivity index (χ3v) is 8.82. The van der Waals surface area contributed by atoms with E-state index in [-0.39, 0.29) is 11.3 Å². The van der Waals surface area contributed by atoms with Gasteiger partial charge in [-0.05, 0) is 137 Å². The molecule has 0 spiro atoms. The van der Waals surface area contributed by atoms with Crippen LogP contribution in [0.3, 0.4) is 0 Å². The summed E-state index contributed by atoms with van der Waals surface area (Å²) < 4.78 is 14.1. The topological polar surface area (TPSA) is 54.4 Å². The van der Waals surface area contributed by atoms with Crippen LogP contribution >= 0.6 is 0 Å². The maximum atomic E-state index is 14.1. The normalized spacial score (nSPS) is 27.4. The number of hydrogen-bond acceptors (Lipinski definition) is 2. The summed E-state index contributed by atoms with van der Waals surface area (Å²) in [5.74, 6) is -0.00419. The van der Waals surface area contributed by atoms with Gasteiger partial charge in [0.1, 0.15) is 5.67 Å². The highest BCUT2D eigenvalue weighted by Crippen LogP contribution is 2.45. The highest BCUT2D eigenvalue weighted by molar-refractivity contribution is 5.99. The predicted octanol–water partition coefficient (Wildman–Crippen LogP) is 9.38. The molecule has 3 aliphatic rings. The number of carboxylic acids is 1. The van der Waals surface area contributed by atoms with Crippen LogP contribution in [0.25, 0.3) is 5.57 Å². The summed E-state index contributed by atoms with van der Waals surface area (Å²) in [6, 6.07) is 7.23. The quantitative estimate of drug-likeness (QED) is 0.341. The number of halogens is 1. The Balaban J connectivity index is 1.77. The number of rotatable bonds is 8. The van der Waals surface area contributed by atoms with Crippen molar-refractivity contribution in [2.24, 2.45) is 11.8 Å². The molecule has 0 heterocycles. The standard InChI is InChI=1S/C35H43FO3/c1-6-23(3)33(24(4)37)30-17-22(2)7-16-31-29(19-30)11-10-25(8-9-26-20-35(5,36)21-26)18-32(31)27-12-14-28(15-13-27)34(38)39/h12-15,17-19,25-26H,6-11,16,20-21H2,1-5H3,(H,38,39)/b22-17?,30-19+,33-23+. The maximum Gasteiger partial charge on any atom is 0.335 e. The minimum atomic E-state index is -0.997. The van der Waals surface area contributed by atoms with Gasteiger partial charge in [-0.25, -0.2) is 9.18 Å². The van der Waals surface area contributed by atoms with E-state index in [0.717, 1.165) is 67.2 Å². The van der Waals surface area contributed by atoms with Gasteiger partial charge in [0, 0.05) is 5.57 Å². The average Bonchev–Trinajstić information content (AvgIpc) is 3.02. The van der Waals surface area contributed by atoms with Gasteiger partial charge in [-0.3, -0.25) is 4.79 Å². The molecule has 1 aromatic carbocycles. The first-order valence-corrected chi connectivity index (χ1v) is 14.5. The van der Waals surface area contributed by atoms with Crippen LogP contribution in [0.1, 0.15) is 108 Å².